The zero-order valence-corrected chi connectivity index (χ0v) is 14.0. The van der Waals surface area contributed by atoms with Crippen molar-refractivity contribution in [3.63, 3.8) is 0 Å². The average Bonchev–Trinajstić information content (AvgIpc) is 3.06. The number of imidazole rings is 1. The number of esters is 1. The summed E-state index contributed by atoms with van der Waals surface area (Å²) in [5, 5.41) is 2.23. The maximum absolute atomic E-state index is 12.6. The topological polar surface area (TPSA) is 44.1 Å². The Bertz CT molecular complexity index is 1060. The van der Waals surface area contributed by atoms with Crippen LogP contribution in [0.25, 0.3) is 21.8 Å². The third kappa shape index (κ3) is 2.78. The van der Waals surface area contributed by atoms with Crippen LogP contribution in [0.3, 0.4) is 0 Å². The fourth-order valence-electron chi connectivity index (χ4n) is 3.15. The lowest BCUT2D eigenvalue weighted by Gasteiger charge is -2.08. The summed E-state index contributed by atoms with van der Waals surface area (Å²) in [6, 6.07) is 21.8. The second-order valence-electron chi connectivity index (χ2n) is 5.90. The predicted octanol–water partition coefficient (Wildman–Crippen LogP) is 3.14. The molecule has 4 nitrogen and oxygen atoms in total. The van der Waals surface area contributed by atoms with E-state index in [1.54, 1.807) is 0 Å². The van der Waals surface area contributed by atoms with Gasteiger partial charge in [-0.1, -0.05) is 60.7 Å². The predicted molar refractivity (Wildman–Crippen MR) is 101 cm³/mol. The van der Waals surface area contributed by atoms with Crippen molar-refractivity contribution < 1.29 is 9.53 Å². The van der Waals surface area contributed by atoms with Crippen LogP contribution in [-0.4, -0.2) is 23.4 Å². The summed E-state index contributed by atoms with van der Waals surface area (Å²) in [5.41, 5.74) is 2.75. The summed E-state index contributed by atoms with van der Waals surface area (Å²) in [6.45, 7) is 0.243. The smallest absolute Gasteiger partial charge is 0.374 e. The molecule has 25 heavy (non-hydrogen) atoms. The fraction of sp³-hybridized carbons (Fsp3) is 0.100. The minimum absolute atomic E-state index is 0.243. The third-order valence-electron chi connectivity index (χ3n) is 4.34. The van der Waals surface area contributed by atoms with Gasteiger partial charge in [0.1, 0.15) is 14.5 Å². The van der Waals surface area contributed by atoms with Crippen LogP contribution in [0.15, 0.2) is 66.7 Å². The number of aromatic nitrogens is 2. The van der Waals surface area contributed by atoms with Crippen molar-refractivity contribution in [2.24, 2.45) is 0 Å². The second kappa shape index (κ2) is 6.44. The fourth-order valence-corrected chi connectivity index (χ4v) is 3.15. The molecule has 0 unspecified atom stereocenters. The Morgan fingerprint density at radius 3 is 2.56 bits per heavy atom. The highest BCUT2D eigenvalue weighted by molar-refractivity contribution is 6.10. The van der Waals surface area contributed by atoms with Crippen LogP contribution in [0.5, 0.6) is 0 Å². The van der Waals surface area contributed by atoms with Gasteiger partial charge in [-0.3, -0.25) is 0 Å². The van der Waals surface area contributed by atoms with E-state index in [1.807, 2.05) is 67.0 Å². The van der Waals surface area contributed by atoms with Crippen molar-refractivity contribution in [3.05, 3.63) is 78.1 Å². The van der Waals surface area contributed by atoms with Crippen LogP contribution >= 0.6 is 0 Å². The van der Waals surface area contributed by atoms with Gasteiger partial charge < -0.3 is 9.30 Å². The monoisotopic (exact) mass is 328 g/mol. The number of benzene rings is 3. The number of rotatable bonds is 4. The van der Waals surface area contributed by atoms with Gasteiger partial charge in [-0.25, -0.2) is 9.78 Å². The van der Waals surface area contributed by atoms with E-state index in [2.05, 4.69) is 17.1 Å². The van der Waals surface area contributed by atoms with E-state index < -0.39 is 5.97 Å². The quantitative estimate of drug-likeness (QED) is 0.427. The Hall–Kier alpha value is -3.08. The van der Waals surface area contributed by atoms with Crippen molar-refractivity contribution in [2.45, 2.75) is 13.1 Å². The first kappa shape index (κ1) is 15.5. The molecule has 1 heterocycles. The summed E-state index contributed by atoms with van der Waals surface area (Å²) in [6.07, 6.45) is 0.653. The van der Waals surface area contributed by atoms with Crippen molar-refractivity contribution in [1.82, 2.24) is 9.55 Å². The second-order valence-corrected chi connectivity index (χ2v) is 5.90. The number of hydrogen-bond donors (Lipinski definition) is 0. The Morgan fingerprint density at radius 1 is 1.00 bits per heavy atom. The van der Waals surface area contributed by atoms with Gasteiger partial charge in [0.2, 0.25) is 5.82 Å². The highest BCUT2D eigenvalue weighted by Crippen LogP contribution is 2.26. The molecule has 4 aromatic rings. The van der Waals surface area contributed by atoms with Crippen molar-refractivity contribution in [1.29, 1.82) is 0 Å². The molecule has 0 fully saturated rings. The van der Waals surface area contributed by atoms with Gasteiger partial charge in [-0.15, -0.1) is 0 Å². The van der Waals surface area contributed by atoms with Crippen LogP contribution in [0, 0.1) is 0 Å². The molecule has 0 spiro atoms. The molecule has 0 aliphatic heterocycles. The minimum atomic E-state index is -0.397. The molecule has 3 aromatic carbocycles. The molecule has 0 bridgehead atoms. The van der Waals surface area contributed by atoms with Crippen LogP contribution in [0.2, 0.25) is 0 Å². The maximum Gasteiger partial charge on any atom is 0.374 e. The van der Waals surface area contributed by atoms with Gasteiger partial charge in [0.05, 0.1) is 11.0 Å². The lowest BCUT2D eigenvalue weighted by atomic mass is 10.1. The molecule has 0 N–H and O–H groups in total. The van der Waals surface area contributed by atoms with Gasteiger partial charge in [-0.2, -0.15) is 0 Å². The Morgan fingerprint density at radius 2 is 1.76 bits per heavy atom. The average molecular weight is 328 g/mol. The van der Waals surface area contributed by atoms with Crippen LogP contribution < -0.4 is 0 Å². The van der Waals surface area contributed by atoms with E-state index in [0.29, 0.717) is 12.3 Å². The van der Waals surface area contributed by atoms with Crippen molar-refractivity contribution in [3.8, 4) is 0 Å². The van der Waals surface area contributed by atoms with Gasteiger partial charge >= 0.3 is 5.97 Å². The van der Waals surface area contributed by atoms with E-state index in [9.17, 15) is 4.79 Å². The van der Waals surface area contributed by atoms with E-state index in [4.69, 9.17) is 4.74 Å². The summed E-state index contributed by atoms with van der Waals surface area (Å²) in [5.74, 6) is -0.0456. The molecule has 122 valence electrons. The standard InChI is InChI=1S/C20H17BN2O2/c21-13-23-18-16-9-5-4-8-15(16)10-11-17(18)22-19(23)20(24)25-12-14-6-2-1-3-7-14/h1-11H,12-13,21H2. The molecule has 0 saturated heterocycles. The highest BCUT2D eigenvalue weighted by atomic mass is 16.5. The Labute approximate surface area is 146 Å². The molecule has 5 heteroatoms. The first-order chi connectivity index (χ1) is 12.3. The summed E-state index contributed by atoms with van der Waals surface area (Å²) in [4.78, 5) is 17.1. The summed E-state index contributed by atoms with van der Waals surface area (Å²) >= 11 is 0. The number of nitrogens with zero attached hydrogens (tertiary/aromatic N) is 2. The molecular formula is C20H17BN2O2. The Balaban J connectivity index is 1.74. The van der Waals surface area contributed by atoms with E-state index in [1.165, 1.54) is 0 Å². The van der Waals surface area contributed by atoms with E-state index in [-0.39, 0.29) is 6.61 Å². The number of hydrogen-bond acceptors (Lipinski definition) is 3. The molecule has 0 aliphatic carbocycles. The van der Waals surface area contributed by atoms with Gasteiger partial charge in [0.25, 0.3) is 0 Å². The number of carbonyl (C=O) groups excluding carboxylic acids is 1. The Kier molecular flexibility index (Phi) is 3.98. The normalized spacial score (nSPS) is 11.0. The highest BCUT2D eigenvalue weighted by Gasteiger charge is 2.19. The zero-order chi connectivity index (χ0) is 17.2. The first-order valence-electron chi connectivity index (χ1n) is 8.37. The SMILES string of the molecule is BCn1c(C(=O)OCc2ccccc2)nc2ccc3ccccc3c21. The largest absolute Gasteiger partial charge is 0.455 e. The first-order valence-corrected chi connectivity index (χ1v) is 8.37. The third-order valence-corrected chi connectivity index (χ3v) is 4.34. The van der Waals surface area contributed by atoms with E-state index in [0.717, 1.165) is 27.4 Å². The molecule has 0 atom stereocenters. The number of fused-ring (bicyclic) bond motifs is 3. The summed E-state index contributed by atoms with van der Waals surface area (Å²) in [7, 11) is 2.01. The molecular weight excluding hydrogens is 311 g/mol. The molecule has 1 aromatic heterocycles. The zero-order valence-electron chi connectivity index (χ0n) is 14.0. The maximum atomic E-state index is 12.6. The van der Waals surface area contributed by atoms with Crippen molar-refractivity contribution >= 4 is 35.6 Å². The van der Waals surface area contributed by atoms with Crippen LogP contribution in [-0.2, 0) is 17.8 Å². The molecule has 4 rings (SSSR count). The minimum Gasteiger partial charge on any atom is -0.455 e. The molecule has 0 saturated carbocycles. The number of ether oxygens (including phenoxy) is 1. The van der Waals surface area contributed by atoms with E-state index >= 15 is 0 Å². The van der Waals surface area contributed by atoms with Crippen molar-refractivity contribution in [2.75, 3.05) is 0 Å². The van der Waals surface area contributed by atoms with Gasteiger partial charge in [0, 0.05) is 5.39 Å². The molecule has 0 aliphatic rings. The van der Waals surface area contributed by atoms with Crippen LogP contribution in [0.1, 0.15) is 16.2 Å². The number of carbonyl (C=O) groups is 1. The molecule has 0 amide bonds. The summed E-state index contributed by atoms with van der Waals surface area (Å²) < 4.78 is 7.41. The van der Waals surface area contributed by atoms with Gasteiger partial charge in [0.15, 0.2) is 0 Å². The lowest BCUT2D eigenvalue weighted by Crippen LogP contribution is -2.14. The lowest BCUT2D eigenvalue weighted by molar-refractivity contribution is 0.0454. The molecule has 0 radical (unpaired) electrons. The van der Waals surface area contributed by atoms with Gasteiger partial charge in [-0.05, 0) is 23.5 Å². The van der Waals surface area contributed by atoms with Crippen LogP contribution in [0.4, 0.5) is 0 Å².